The number of hydrogen-bond donors (Lipinski definition) is 2. The van der Waals surface area contributed by atoms with Gasteiger partial charge in [-0.25, -0.2) is 0 Å². The van der Waals surface area contributed by atoms with Crippen molar-refractivity contribution in [3.05, 3.63) is 0 Å². The number of rotatable bonds is 13. The fourth-order valence-electron chi connectivity index (χ4n) is 3.04. The second-order valence-corrected chi connectivity index (χ2v) is 6.27. The third-order valence-electron chi connectivity index (χ3n) is 4.36. The van der Waals surface area contributed by atoms with Gasteiger partial charge in [-0.1, -0.05) is 6.42 Å². The largest absolute Gasteiger partial charge is 0.382 e. The van der Waals surface area contributed by atoms with E-state index in [4.69, 9.17) is 9.47 Å². The summed E-state index contributed by atoms with van der Waals surface area (Å²) >= 11 is 0. The van der Waals surface area contributed by atoms with E-state index in [9.17, 15) is 9.59 Å². The Morgan fingerprint density at radius 3 is 2.21 bits per heavy atom. The van der Waals surface area contributed by atoms with E-state index in [0.717, 1.165) is 32.1 Å². The minimum atomic E-state index is 0.0726. The van der Waals surface area contributed by atoms with Gasteiger partial charge in [0.25, 0.3) is 0 Å². The third kappa shape index (κ3) is 9.23. The Bertz CT molecular complexity index is 363. The SMILES string of the molecule is CCOCCCC(=O)NCC1CCCC1NC(=O)CCCOCC. The Hall–Kier alpha value is -1.14. The van der Waals surface area contributed by atoms with Crippen LogP contribution in [0.25, 0.3) is 0 Å². The van der Waals surface area contributed by atoms with Gasteiger partial charge in [-0.2, -0.15) is 0 Å². The summed E-state index contributed by atoms with van der Waals surface area (Å²) < 4.78 is 10.5. The van der Waals surface area contributed by atoms with Gasteiger partial charge in [0.05, 0.1) is 0 Å². The van der Waals surface area contributed by atoms with E-state index in [-0.39, 0.29) is 17.9 Å². The molecule has 2 N–H and O–H groups in total. The Morgan fingerprint density at radius 1 is 0.958 bits per heavy atom. The Balaban J connectivity index is 2.17. The molecule has 1 saturated carbocycles. The molecule has 6 heteroatoms. The first-order valence-electron chi connectivity index (χ1n) is 9.38. The van der Waals surface area contributed by atoms with Crippen molar-refractivity contribution in [1.29, 1.82) is 0 Å². The lowest BCUT2D eigenvalue weighted by Crippen LogP contribution is -2.42. The molecule has 6 nitrogen and oxygen atoms in total. The molecule has 0 bridgehead atoms. The second-order valence-electron chi connectivity index (χ2n) is 6.27. The molecule has 1 aliphatic rings. The van der Waals surface area contributed by atoms with Crippen LogP contribution in [0.2, 0.25) is 0 Å². The molecule has 2 unspecified atom stereocenters. The molecule has 1 rings (SSSR count). The van der Waals surface area contributed by atoms with Crippen LogP contribution in [-0.4, -0.2) is 50.8 Å². The first kappa shape index (κ1) is 20.9. The first-order valence-corrected chi connectivity index (χ1v) is 9.38. The summed E-state index contributed by atoms with van der Waals surface area (Å²) in [6.45, 7) is 7.20. The Labute approximate surface area is 146 Å². The lowest BCUT2D eigenvalue weighted by Gasteiger charge is -2.21. The Kier molecular flexibility index (Phi) is 11.5. The van der Waals surface area contributed by atoms with Gasteiger partial charge in [-0.15, -0.1) is 0 Å². The van der Waals surface area contributed by atoms with Crippen LogP contribution in [0.5, 0.6) is 0 Å². The number of carbonyl (C=O) groups is 2. The molecular formula is C18H34N2O4. The maximum atomic E-state index is 12.0. The van der Waals surface area contributed by atoms with Gasteiger partial charge >= 0.3 is 0 Å². The van der Waals surface area contributed by atoms with Gasteiger partial charge in [0.1, 0.15) is 0 Å². The molecule has 0 aromatic carbocycles. The van der Waals surface area contributed by atoms with Crippen molar-refractivity contribution in [3.8, 4) is 0 Å². The summed E-state index contributed by atoms with van der Waals surface area (Å²) in [5.41, 5.74) is 0. The van der Waals surface area contributed by atoms with Crippen LogP contribution < -0.4 is 10.6 Å². The van der Waals surface area contributed by atoms with Crippen molar-refractivity contribution in [3.63, 3.8) is 0 Å². The van der Waals surface area contributed by atoms with E-state index in [1.54, 1.807) is 0 Å². The molecule has 0 saturated heterocycles. The van der Waals surface area contributed by atoms with Crippen molar-refractivity contribution in [1.82, 2.24) is 10.6 Å². The van der Waals surface area contributed by atoms with E-state index < -0.39 is 0 Å². The molecule has 2 amide bonds. The fourth-order valence-corrected chi connectivity index (χ4v) is 3.04. The number of carbonyl (C=O) groups excluding carboxylic acids is 2. The summed E-state index contributed by atoms with van der Waals surface area (Å²) in [4.78, 5) is 23.8. The number of nitrogens with one attached hydrogen (secondary N) is 2. The zero-order valence-corrected chi connectivity index (χ0v) is 15.3. The normalized spacial score (nSPS) is 20.1. The van der Waals surface area contributed by atoms with E-state index >= 15 is 0 Å². The van der Waals surface area contributed by atoms with Gasteiger partial charge in [-0.05, 0) is 45.4 Å². The molecule has 0 heterocycles. The smallest absolute Gasteiger partial charge is 0.220 e. The van der Waals surface area contributed by atoms with Gasteiger partial charge in [0, 0.05) is 51.9 Å². The van der Waals surface area contributed by atoms with Crippen molar-refractivity contribution in [2.75, 3.05) is 33.0 Å². The van der Waals surface area contributed by atoms with Crippen LogP contribution in [0.15, 0.2) is 0 Å². The summed E-state index contributed by atoms with van der Waals surface area (Å²) in [5.74, 6) is 0.509. The zero-order valence-electron chi connectivity index (χ0n) is 15.3. The summed E-state index contributed by atoms with van der Waals surface area (Å²) in [6, 6.07) is 0.188. The molecule has 2 atom stereocenters. The quantitative estimate of drug-likeness (QED) is 0.502. The molecule has 1 aliphatic carbocycles. The number of hydrogen-bond acceptors (Lipinski definition) is 4. The molecule has 0 aromatic heterocycles. The maximum Gasteiger partial charge on any atom is 0.220 e. The number of amides is 2. The molecule has 24 heavy (non-hydrogen) atoms. The molecular weight excluding hydrogens is 308 g/mol. The maximum absolute atomic E-state index is 12.0. The molecule has 0 radical (unpaired) electrons. The number of ether oxygens (including phenoxy) is 2. The second kappa shape index (κ2) is 13.2. The average molecular weight is 342 g/mol. The van der Waals surface area contributed by atoms with Gasteiger partial charge < -0.3 is 20.1 Å². The van der Waals surface area contributed by atoms with E-state index in [1.165, 1.54) is 0 Å². The van der Waals surface area contributed by atoms with E-state index in [0.29, 0.717) is 51.7 Å². The Morgan fingerprint density at radius 2 is 1.58 bits per heavy atom. The van der Waals surface area contributed by atoms with E-state index in [1.807, 2.05) is 13.8 Å². The highest BCUT2D eigenvalue weighted by Crippen LogP contribution is 2.25. The lowest BCUT2D eigenvalue weighted by atomic mass is 10.0. The van der Waals surface area contributed by atoms with Crippen LogP contribution in [0.4, 0.5) is 0 Å². The third-order valence-corrected chi connectivity index (χ3v) is 4.36. The van der Waals surface area contributed by atoms with Crippen molar-refractivity contribution < 1.29 is 19.1 Å². The molecule has 1 fully saturated rings. The van der Waals surface area contributed by atoms with Gasteiger partial charge in [0.15, 0.2) is 0 Å². The predicted octanol–water partition coefficient (Wildman–Crippen LogP) is 2.02. The summed E-state index contributed by atoms with van der Waals surface area (Å²) in [6.07, 6.45) is 5.69. The first-order chi connectivity index (χ1) is 11.7. The van der Waals surface area contributed by atoms with Crippen LogP contribution in [0, 0.1) is 5.92 Å². The topological polar surface area (TPSA) is 76.7 Å². The van der Waals surface area contributed by atoms with Crippen LogP contribution in [0.3, 0.4) is 0 Å². The lowest BCUT2D eigenvalue weighted by molar-refractivity contribution is -0.122. The molecule has 140 valence electrons. The van der Waals surface area contributed by atoms with Crippen molar-refractivity contribution in [2.45, 2.75) is 64.8 Å². The predicted molar refractivity (Wildman–Crippen MR) is 93.7 cm³/mol. The van der Waals surface area contributed by atoms with Crippen molar-refractivity contribution >= 4 is 11.8 Å². The van der Waals surface area contributed by atoms with E-state index in [2.05, 4.69) is 10.6 Å². The molecule has 0 aliphatic heterocycles. The van der Waals surface area contributed by atoms with Crippen LogP contribution in [0.1, 0.15) is 58.8 Å². The highest BCUT2D eigenvalue weighted by molar-refractivity contribution is 5.76. The highest BCUT2D eigenvalue weighted by Gasteiger charge is 2.28. The zero-order chi connectivity index (χ0) is 17.6. The monoisotopic (exact) mass is 342 g/mol. The molecule has 0 aromatic rings. The highest BCUT2D eigenvalue weighted by atomic mass is 16.5. The minimum Gasteiger partial charge on any atom is -0.382 e. The van der Waals surface area contributed by atoms with Gasteiger partial charge in [0.2, 0.25) is 11.8 Å². The van der Waals surface area contributed by atoms with Crippen molar-refractivity contribution in [2.24, 2.45) is 5.92 Å². The fraction of sp³-hybridized carbons (Fsp3) is 0.889. The average Bonchev–Trinajstić information content (AvgIpc) is 3.01. The summed E-state index contributed by atoms with van der Waals surface area (Å²) in [7, 11) is 0. The minimum absolute atomic E-state index is 0.0726. The molecule has 0 spiro atoms. The van der Waals surface area contributed by atoms with Crippen LogP contribution >= 0.6 is 0 Å². The van der Waals surface area contributed by atoms with Gasteiger partial charge in [-0.3, -0.25) is 9.59 Å². The summed E-state index contributed by atoms with van der Waals surface area (Å²) in [5, 5.41) is 6.12. The standard InChI is InChI=1S/C18H34N2O4/c1-3-23-12-6-10-17(21)19-14-15-8-5-9-16(15)20-18(22)11-7-13-24-4-2/h15-16H,3-14H2,1-2H3,(H,19,21)(H,20,22). The van der Waals surface area contributed by atoms with Crippen LogP contribution in [-0.2, 0) is 19.1 Å².